The van der Waals surface area contributed by atoms with Gasteiger partial charge < -0.3 is 15.2 Å². The van der Waals surface area contributed by atoms with Gasteiger partial charge in [0.25, 0.3) is 5.91 Å². The van der Waals surface area contributed by atoms with Crippen LogP contribution >= 0.6 is 0 Å². The molecule has 1 fully saturated rings. The molecule has 0 aromatic heterocycles. The summed E-state index contributed by atoms with van der Waals surface area (Å²) in [5.41, 5.74) is 3.84. The quantitative estimate of drug-likeness (QED) is 0.850. The van der Waals surface area contributed by atoms with Crippen molar-refractivity contribution < 1.29 is 9.47 Å². The van der Waals surface area contributed by atoms with Crippen LogP contribution < -0.4 is 5.73 Å². The average molecular weight is 310 g/mol. The van der Waals surface area contributed by atoms with Crippen molar-refractivity contribution in [2.45, 2.75) is 19.3 Å². The van der Waals surface area contributed by atoms with E-state index in [0.29, 0.717) is 6.42 Å². The number of rotatable bonds is 4. The minimum absolute atomic E-state index is 0.101. The molecule has 2 aliphatic rings. The first-order valence-electron chi connectivity index (χ1n) is 7.28. The van der Waals surface area contributed by atoms with Gasteiger partial charge in [-0.25, -0.2) is 4.99 Å². The summed E-state index contributed by atoms with van der Waals surface area (Å²) in [6.07, 6.45) is 0.500. The average Bonchev–Trinajstić information content (AvgIpc) is 2.94. The van der Waals surface area contributed by atoms with Crippen molar-refractivity contribution >= 4 is 5.84 Å². The number of benzene rings is 1. The third-order valence-electron chi connectivity index (χ3n) is 5.57. The minimum Gasteiger partial charge on any atom is -0.386 e. The Bertz CT molecular complexity index is 759. The Morgan fingerprint density at radius 1 is 1.13 bits per heavy atom. The molecule has 1 aliphatic heterocycles. The molecule has 1 aromatic rings. The van der Waals surface area contributed by atoms with E-state index in [9.17, 15) is 10.5 Å². The molecule has 0 unspecified atom stereocenters. The molecule has 2 N–H and O–H groups in total. The predicted molar refractivity (Wildman–Crippen MR) is 82.7 cm³/mol. The maximum absolute atomic E-state index is 10.0. The molecular formula is C17H18N4O2. The van der Waals surface area contributed by atoms with E-state index in [4.69, 9.17) is 15.2 Å². The molecule has 1 saturated carbocycles. The number of aliphatic imine (C=N–C) groups is 1. The molecule has 1 aromatic carbocycles. The van der Waals surface area contributed by atoms with Gasteiger partial charge in [0.2, 0.25) is 0 Å². The highest BCUT2D eigenvalue weighted by Gasteiger charge is 2.98. The Kier molecular flexibility index (Phi) is 3.06. The smallest absolute Gasteiger partial charge is 0.292 e. The molecular weight excluding hydrogens is 292 g/mol. The lowest BCUT2D eigenvalue weighted by molar-refractivity contribution is -0.236. The number of hydrogen-bond acceptors (Lipinski definition) is 6. The summed E-state index contributed by atoms with van der Waals surface area (Å²) in [5, 5.41) is 19.9. The number of fused-ring (bicyclic) bond motifs is 1. The molecule has 6 heteroatoms. The standard InChI is InChI=1S/C17H18N4O2/c1-14(9-12-7-5-4-6-8-12)15(10-18)13(20)21-17(22-2,23-3)16(14,15)11-19/h4-8H,9H2,1-3H3,(H2,20,21)/t14-,15-,16+/m0/s1. The van der Waals surface area contributed by atoms with Gasteiger partial charge in [-0.05, 0) is 12.0 Å². The highest BCUT2D eigenvalue weighted by atomic mass is 16.7. The summed E-state index contributed by atoms with van der Waals surface area (Å²) in [6.45, 7) is 1.88. The van der Waals surface area contributed by atoms with Crippen LogP contribution in [0.4, 0.5) is 0 Å². The first kappa shape index (κ1) is 15.5. The second-order valence-corrected chi connectivity index (χ2v) is 6.21. The van der Waals surface area contributed by atoms with Gasteiger partial charge in [0, 0.05) is 19.6 Å². The summed E-state index contributed by atoms with van der Waals surface area (Å²) in [7, 11) is 2.82. The van der Waals surface area contributed by atoms with Gasteiger partial charge in [0.15, 0.2) is 5.41 Å². The number of nitrogens with zero attached hydrogens (tertiary/aromatic N) is 3. The summed E-state index contributed by atoms with van der Waals surface area (Å²) in [5.74, 6) is -1.46. The lowest BCUT2D eigenvalue weighted by atomic mass is 9.85. The highest BCUT2D eigenvalue weighted by Crippen LogP contribution is 2.85. The fourth-order valence-electron chi connectivity index (χ4n) is 4.46. The van der Waals surface area contributed by atoms with Crippen molar-refractivity contribution in [3.05, 3.63) is 35.9 Å². The lowest BCUT2D eigenvalue weighted by Crippen LogP contribution is -2.43. The Morgan fingerprint density at radius 2 is 1.74 bits per heavy atom. The van der Waals surface area contributed by atoms with Gasteiger partial charge in [-0.15, -0.1) is 0 Å². The van der Waals surface area contributed by atoms with Crippen LogP contribution in [0.1, 0.15) is 12.5 Å². The van der Waals surface area contributed by atoms with E-state index in [1.54, 1.807) is 0 Å². The zero-order valence-corrected chi connectivity index (χ0v) is 13.3. The van der Waals surface area contributed by atoms with Crippen molar-refractivity contribution in [3.63, 3.8) is 0 Å². The Hall–Kier alpha value is -2.41. The minimum atomic E-state index is -1.56. The van der Waals surface area contributed by atoms with Gasteiger partial charge in [0.05, 0.1) is 12.1 Å². The number of nitrogens with two attached hydrogens (primary N) is 1. The molecule has 0 saturated heterocycles. The van der Waals surface area contributed by atoms with Crippen LogP contribution in [0, 0.1) is 38.9 Å². The van der Waals surface area contributed by atoms with E-state index in [2.05, 4.69) is 17.1 Å². The number of hydrogen-bond donors (Lipinski definition) is 1. The third-order valence-corrected chi connectivity index (χ3v) is 5.57. The van der Waals surface area contributed by atoms with E-state index >= 15 is 0 Å². The summed E-state index contributed by atoms with van der Waals surface area (Å²) >= 11 is 0. The molecule has 0 amide bonds. The second kappa shape index (κ2) is 4.55. The second-order valence-electron chi connectivity index (χ2n) is 6.21. The SMILES string of the molecule is COC1(OC)N=C(N)[C@@]2(C#N)[C@](C)(Cc3ccccc3)[C@@]12C#N. The Labute approximate surface area is 135 Å². The summed E-state index contributed by atoms with van der Waals surface area (Å²) in [4.78, 5) is 4.22. The van der Waals surface area contributed by atoms with Gasteiger partial charge >= 0.3 is 0 Å². The van der Waals surface area contributed by atoms with E-state index in [1.807, 2.05) is 37.3 Å². The molecule has 6 nitrogen and oxygen atoms in total. The topological polar surface area (TPSA) is 104 Å². The van der Waals surface area contributed by atoms with E-state index in [0.717, 1.165) is 5.56 Å². The molecule has 0 radical (unpaired) electrons. The van der Waals surface area contributed by atoms with Crippen molar-refractivity contribution in [2.75, 3.05) is 14.2 Å². The third kappa shape index (κ3) is 1.33. The molecule has 118 valence electrons. The van der Waals surface area contributed by atoms with Gasteiger partial charge in [-0.1, -0.05) is 37.3 Å². The number of ether oxygens (including phenoxy) is 2. The summed E-state index contributed by atoms with van der Waals surface area (Å²) < 4.78 is 10.9. The van der Waals surface area contributed by atoms with Crippen LogP contribution in [-0.2, 0) is 15.9 Å². The largest absolute Gasteiger partial charge is 0.386 e. The van der Waals surface area contributed by atoms with E-state index in [-0.39, 0.29) is 5.84 Å². The maximum atomic E-state index is 10.0. The van der Waals surface area contributed by atoms with Gasteiger partial charge in [0.1, 0.15) is 11.3 Å². The van der Waals surface area contributed by atoms with Crippen molar-refractivity contribution in [3.8, 4) is 12.1 Å². The number of methoxy groups -OCH3 is 2. The molecule has 23 heavy (non-hydrogen) atoms. The Morgan fingerprint density at radius 3 is 2.22 bits per heavy atom. The highest BCUT2D eigenvalue weighted by molar-refractivity contribution is 6.00. The predicted octanol–water partition coefficient (Wildman–Crippen LogP) is 1.59. The van der Waals surface area contributed by atoms with Crippen LogP contribution in [0.15, 0.2) is 35.3 Å². The van der Waals surface area contributed by atoms with Crippen LogP contribution in [-0.4, -0.2) is 26.0 Å². The van der Waals surface area contributed by atoms with Gasteiger partial charge in [-0.3, -0.25) is 0 Å². The zero-order valence-electron chi connectivity index (χ0n) is 13.3. The monoisotopic (exact) mass is 310 g/mol. The molecule has 1 heterocycles. The first-order valence-corrected chi connectivity index (χ1v) is 7.28. The van der Waals surface area contributed by atoms with Crippen molar-refractivity contribution in [1.82, 2.24) is 0 Å². The van der Waals surface area contributed by atoms with Crippen molar-refractivity contribution in [1.29, 1.82) is 10.5 Å². The number of nitriles is 2. The first-order chi connectivity index (χ1) is 10.9. The number of amidine groups is 1. The molecule has 3 rings (SSSR count). The maximum Gasteiger partial charge on any atom is 0.292 e. The van der Waals surface area contributed by atoms with E-state index < -0.39 is 22.2 Å². The summed E-state index contributed by atoms with van der Waals surface area (Å²) in [6, 6.07) is 14.2. The van der Waals surface area contributed by atoms with Crippen LogP contribution in [0.5, 0.6) is 0 Å². The molecule has 0 spiro atoms. The van der Waals surface area contributed by atoms with Crippen LogP contribution in [0.25, 0.3) is 0 Å². The molecule has 1 aliphatic carbocycles. The van der Waals surface area contributed by atoms with Crippen LogP contribution in [0.2, 0.25) is 0 Å². The van der Waals surface area contributed by atoms with Crippen molar-refractivity contribution in [2.24, 2.45) is 27.0 Å². The molecule has 0 bridgehead atoms. The lowest BCUT2D eigenvalue weighted by Gasteiger charge is -2.32. The zero-order chi connectivity index (χ0) is 16.9. The van der Waals surface area contributed by atoms with Crippen LogP contribution in [0.3, 0.4) is 0 Å². The fourth-order valence-corrected chi connectivity index (χ4v) is 4.46. The van der Waals surface area contributed by atoms with Gasteiger partial charge in [-0.2, -0.15) is 10.5 Å². The normalized spacial score (nSPS) is 36.5. The fraction of sp³-hybridized carbons (Fsp3) is 0.471. The Balaban J connectivity index is 2.19. The van der Waals surface area contributed by atoms with E-state index in [1.165, 1.54) is 14.2 Å². The molecule has 3 atom stereocenters.